The highest BCUT2D eigenvalue weighted by molar-refractivity contribution is 9.10. The van der Waals surface area contributed by atoms with Gasteiger partial charge in [0.05, 0.1) is 16.6 Å². The van der Waals surface area contributed by atoms with Crippen LogP contribution in [0.1, 0.15) is 41.3 Å². The van der Waals surface area contributed by atoms with Crippen LogP contribution in [0.25, 0.3) is 6.08 Å². The Morgan fingerprint density at radius 2 is 2.09 bits per heavy atom. The van der Waals surface area contributed by atoms with E-state index in [9.17, 15) is 15.3 Å². The number of fused-ring (bicyclic) bond motifs is 1. The zero-order valence-electron chi connectivity index (χ0n) is 17.5. The van der Waals surface area contributed by atoms with Crippen LogP contribution in [-0.2, 0) is 17.6 Å². The van der Waals surface area contributed by atoms with E-state index >= 15 is 0 Å². The number of benzene rings is 1. The van der Waals surface area contributed by atoms with Crippen LogP contribution in [0.5, 0.6) is 11.5 Å². The van der Waals surface area contributed by atoms with Crippen LogP contribution in [0.3, 0.4) is 0 Å². The molecule has 1 N–H and O–H groups in total. The number of nitrogens with one attached hydrogen (secondary N) is 1. The number of halogens is 1. The van der Waals surface area contributed by atoms with Crippen LogP contribution in [0.15, 0.2) is 22.2 Å². The highest BCUT2D eigenvalue weighted by Gasteiger charge is 2.23. The lowest BCUT2D eigenvalue weighted by Gasteiger charge is -2.13. The van der Waals surface area contributed by atoms with Crippen LogP contribution >= 0.6 is 27.3 Å². The standard InChI is InChI=1S/C24H20BrN3O3S/c1-3-9-31-22-19(25)11-15(12-20(22)30-4-2)10-16(13-26)23(29)28-24-18(14-27)17-7-5-6-8-21(17)32-24/h1,10-12H,4-9H2,2H3,(H,28,29)/b16-10+. The first-order valence-corrected chi connectivity index (χ1v) is 11.6. The summed E-state index contributed by atoms with van der Waals surface area (Å²) in [5.41, 5.74) is 2.01. The van der Waals surface area contributed by atoms with E-state index in [4.69, 9.17) is 15.9 Å². The number of carbonyl (C=O) groups is 1. The van der Waals surface area contributed by atoms with Crippen molar-refractivity contribution in [3.05, 3.63) is 43.7 Å². The summed E-state index contributed by atoms with van der Waals surface area (Å²) in [6, 6.07) is 7.54. The van der Waals surface area contributed by atoms with Crippen molar-refractivity contribution in [3.63, 3.8) is 0 Å². The van der Waals surface area contributed by atoms with Gasteiger partial charge in [0.1, 0.15) is 29.3 Å². The van der Waals surface area contributed by atoms with Crippen LogP contribution in [0.4, 0.5) is 5.00 Å². The second-order valence-corrected chi connectivity index (χ2v) is 8.87. The molecule has 0 fully saturated rings. The minimum absolute atomic E-state index is 0.0751. The van der Waals surface area contributed by atoms with Crippen LogP contribution in [-0.4, -0.2) is 19.1 Å². The molecule has 0 saturated carbocycles. The van der Waals surface area contributed by atoms with E-state index in [0.717, 1.165) is 36.1 Å². The number of thiophene rings is 1. The van der Waals surface area contributed by atoms with Crippen molar-refractivity contribution < 1.29 is 14.3 Å². The van der Waals surface area contributed by atoms with E-state index in [1.54, 1.807) is 12.1 Å². The van der Waals surface area contributed by atoms with Crippen molar-refractivity contribution in [3.8, 4) is 36.0 Å². The van der Waals surface area contributed by atoms with Crippen LogP contribution in [0.2, 0.25) is 0 Å². The van der Waals surface area contributed by atoms with Crippen molar-refractivity contribution in [2.24, 2.45) is 0 Å². The Balaban J connectivity index is 1.90. The van der Waals surface area contributed by atoms with E-state index in [1.807, 2.05) is 13.0 Å². The fourth-order valence-electron chi connectivity index (χ4n) is 3.45. The van der Waals surface area contributed by atoms with Gasteiger partial charge in [-0.2, -0.15) is 10.5 Å². The maximum absolute atomic E-state index is 12.8. The fraction of sp³-hybridized carbons (Fsp3) is 0.292. The summed E-state index contributed by atoms with van der Waals surface area (Å²) in [7, 11) is 0. The largest absolute Gasteiger partial charge is 0.490 e. The molecule has 1 amide bonds. The van der Waals surface area contributed by atoms with Gasteiger partial charge in [0.15, 0.2) is 11.5 Å². The molecule has 0 atom stereocenters. The molecule has 0 radical (unpaired) electrons. The molecule has 1 heterocycles. The quantitative estimate of drug-likeness (QED) is 0.313. The van der Waals surface area contributed by atoms with Gasteiger partial charge in [-0.3, -0.25) is 4.79 Å². The summed E-state index contributed by atoms with van der Waals surface area (Å²) in [6.07, 6.45) is 10.6. The molecular formula is C24H20BrN3O3S. The van der Waals surface area contributed by atoms with E-state index in [1.165, 1.54) is 17.4 Å². The zero-order chi connectivity index (χ0) is 23.1. The lowest BCUT2D eigenvalue weighted by Crippen LogP contribution is -2.13. The maximum atomic E-state index is 12.8. The Bertz CT molecular complexity index is 1200. The molecule has 8 heteroatoms. The van der Waals surface area contributed by atoms with Gasteiger partial charge in [0.2, 0.25) is 0 Å². The van der Waals surface area contributed by atoms with E-state index in [-0.39, 0.29) is 12.2 Å². The number of nitriles is 2. The second-order valence-electron chi connectivity index (χ2n) is 6.91. The highest BCUT2D eigenvalue weighted by atomic mass is 79.9. The minimum Gasteiger partial charge on any atom is -0.490 e. The molecule has 0 spiro atoms. The number of terminal acetylenes is 1. The third-order valence-electron chi connectivity index (χ3n) is 4.82. The molecule has 1 aliphatic rings. The zero-order valence-corrected chi connectivity index (χ0v) is 19.9. The molecule has 0 bridgehead atoms. The monoisotopic (exact) mass is 509 g/mol. The Kier molecular flexibility index (Phi) is 7.95. The third kappa shape index (κ3) is 5.14. The van der Waals surface area contributed by atoms with Crippen LogP contribution < -0.4 is 14.8 Å². The summed E-state index contributed by atoms with van der Waals surface area (Å²) in [5.74, 6) is 2.74. The van der Waals surface area contributed by atoms with Gasteiger partial charge in [-0.05, 0) is 77.9 Å². The number of ether oxygens (including phenoxy) is 2. The van der Waals surface area contributed by atoms with Gasteiger partial charge in [-0.15, -0.1) is 17.8 Å². The average molecular weight is 510 g/mol. The van der Waals surface area contributed by atoms with E-state index in [0.29, 0.717) is 38.7 Å². The van der Waals surface area contributed by atoms with Gasteiger partial charge in [-0.25, -0.2) is 0 Å². The van der Waals surface area contributed by atoms with Crippen LogP contribution in [0, 0.1) is 35.0 Å². The minimum atomic E-state index is -0.565. The maximum Gasteiger partial charge on any atom is 0.266 e. The molecule has 32 heavy (non-hydrogen) atoms. The molecule has 162 valence electrons. The van der Waals surface area contributed by atoms with Crippen molar-refractivity contribution in [2.45, 2.75) is 32.6 Å². The lowest BCUT2D eigenvalue weighted by molar-refractivity contribution is -0.112. The SMILES string of the molecule is C#CCOc1c(Br)cc(/C=C(\C#N)C(=O)Nc2sc3c(c2C#N)CCCC3)cc1OCC. The van der Waals surface area contributed by atoms with Gasteiger partial charge < -0.3 is 14.8 Å². The second kappa shape index (κ2) is 10.9. The molecule has 1 aromatic heterocycles. The smallest absolute Gasteiger partial charge is 0.266 e. The molecule has 6 nitrogen and oxygen atoms in total. The topological polar surface area (TPSA) is 95.1 Å². The summed E-state index contributed by atoms with van der Waals surface area (Å²) in [5, 5.41) is 22.5. The Morgan fingerprint density at radius 3 is 2.78 bits per heavy atom. The molecule has 1 aliphatic carbocycles. The van der Waals surface area contributed by atoms with Crippen molar-refractivity contribution in [2.75, 3.05) is 18.5 Å². The number of rotatable bonds is 7. The van der Waals surface area contributed by atoms with Gasteiger partial charge in [0.25, 0.3) is 5.91 Å². The number of hydrogen-bond acceptors (Lipinski definition) is 6. The van der Waals surface area contributed by atoms with Crippen molar-refractivity contribution in [1.29, 1.82) is 10.5 Å². The normalized spacial score (nSPS) is 12.7. The Hall–Kier alpha value is -3.25. The number of hydrogen-bond donors (Lipinski definition) is 1. The molecule has 2 aromatic rings. The number of nitrogens with zero attached hydrogens (tertiary/aromatic N) is 2. The van der Waals surface area contributed by atoms with Gasteiger partial charge in [0, 0.05) is 4.88 Å². The number of carbonyl (C=O) groups excluding carboxylic acids is 1. The number of anilines is 1. The number of amides is 1. The molecule has 0 aliphatic heterocycles. The fourth-order valence-corrected chi connectivity index (χ4v) is 5.26. The molecule has 0 unspecified atom stereocenters. The first-order chi connectivity index (χ1) is 15.5. The molecule has 1 aromatic carbocycles. The predicted molar refractivity (Wildman–Crippen MR) is 128 cm³/mol. The molecule has 0 saturated heterocycles. The summed E-state index contributed by atoms with van der Waals surface area (Å²) >= 11 is 4.85. The highest BCUT2D eigenvalue weighted by Crippen LogP contribution is 2.39. The van der Waals surface area contributed by atoms with E-state index in [2.05, 4.69) is 33.2 Å². The van der Waals surface area contributed by atoms with Crippen molar-refractivity contribution in [1.82, 2.24) is 0 Å². The molecule has 3 rings (SSSR count). The average Bonchev–Trinajstić information content (AvgIpc) is 3.13. The summed E-state index contributed by atoms with van der Waals surface area (Å²) in [6.45, 7) is 2.31. The van der Waals surface area contributed by atoms with Gasteiger partial charge in [-0.1, -0.05) is 5.92 Å². The lowest BCUT2D eigenvalue weighted by atomic mass is 9.96. The van der Waals surface area contributed by atoms with E-state index < -0.39 is 5.91 Å². The first-order valence-electron chi connectivity index (χ1n) is 10.0. The Morgan fingerprint density at radius 1 is 1.31 bits per heavy atom. The number of aryl methyl sites for hydroxylation is 1. The Labute approximate surface area is 199 Å². The summed E-state index contributed by atoms with van der Waals surface area (Å²) < 4.78 is 11.8. The van der Waals surface area contributed by atoms with Gasteiger partial charge >= 0.3 is 0 Å². The molecular weight excluding hydrogens is 490 g/mol. The first kappa shape index (κ1) is 23.4. The third-order valence-corrected chi connectivity index (χ3v) is 6.61. The summed E-state index contributed by atoms with van der Waals surface area (Å²) in [4.78, 5) is 14.0. The predicted octanol–water partition coefficient (Wildman–Crippen LogP) is 5.22. The van der Waals surface area contributed by atoms with Crippen molar-refractivity contribution >= 4 is 44.3 Å².